The van der Waals surface area contributed by atoms with Gasteiger partial charge in [-0.15, -0.1) is 0 Å². The summed E-state index contributed by atoms with van der Waals surface area (Å²) in [4.78, 5) is 4.61. The van der Waals surface area contributed by atoms with Crippen molar-refractivity contribution in [2.24, 2.45) is 0 Å². The minimum atomic E-state index is 0.861. The largest absolute Gasteiger partial charge is 0.497 e. The maximum absolute atomic E-state index is 5.24. The molecule has 3 rings (SSSR count). The molecule has 3 nitrogen and oxygen atoms in total. The smallest absolute Gasteiger partial charge is 0.188 e. The number of nitrogens with zero attached hydrogens (tertiary/aromatic N) is 1. The highest BCUT2D eigenvalue weighted by Crippen LogP contribution is 2.32. The maximum atomic E-state index is 5.24. The Balaban J connectivity index is 1.96. The number of aromatic nitrogens is 1. The number of anilines is 2. The number of thiazole rings is 1. The Morgan fingerprint density at radius 2 is 2.00 bits per heavy atom. The van der Waals surface area contributed by atoms with E-state index in [1.54, 1.807) is 18.4 Å². The van der Waals surface area contributed by atoms with Gasteiger partial charge in [-0.05, 0) is 49.2 Å². The molecule has 102 valence electrons. The van der Waals surface area contributed by atoms with Crippen molar-refractivity contribution in [3.63, 3.8) is 0 Å². The van der Waals surface area contributed by atoms with Crippen molar-refractivity contribution < 1.29 is 4.74 Å². The van der Waals surface area contributed by atoms with Gasteiger partial charge in [0.1, 0.15) is 5.75 Å². The van der Waals surface area contributed by atoms with E-state index in [4.69, 9.17) is 4.74 Å². The van der Waals surface area contributed by atoms with Gasteiger partial charge in [-0.3, -0.25) is 0 Å². The summed E-state index contributed by atoms with van der Waals surface area (Å²) in [6.07, 6.45) is 0. The van der Waals surface area contributed by atoms with Crippen LogP contribution in [0.4, 0.5) is 10.8 Å². The van der Waals surface area contributed by atoms with E-state index in [0.29, 0.717) is 0 Å². The van der Waals surface area contributed by atoms with Crippen molar-refractivity contribution in [2.75, 3.05) is 12.4 Å². The van der Waals surface area contributed by atoms with Crippen LogP contribution in [-0.4, -0.2) is 12.1 Å². The van der Waals surface area contributed by atoms with E-state index >= 15 is 0 Å². The van der Waals surface area contributed by atoms with Crippen LogP contribution in [0.15, 0.2) is 36.4 Å². The predicted molar refractivity (Wildman–Crippen MR) is 85.4 cm³/mol. The molecule has 0 atom stereocenters. The van der Waals surface area contributed by atoms with Crippen LogP contribution in [0.2, 0.25) is 0 Å². The molecule has 0 fully saturated rings. The average molecular weight is 284 g/mol. The molecule has 0 bridgehead atoms. The van der Waals surface area contributed by atoms with E-state index in [-0.39, 0.29) is 0 Å². The number of fused-ring (bicyclic) bond motifs is 1. The highest BCUT2D eigenvalue weighted by Gasteiger charge is 2.07. The molecule has 0 aliphatic heterocycles. The van der Waals surface area contributed by atoms with Gasteiger partial charge in [-0.2, -0.15) is 0 Å². The lowest BCUT2D eigenvalue weighted by Gasteiger charge is -2.08. The summed E-state index contributed by atoms with van der Waals surface area (Å²) in [6, 6.07) is 12.2. The average Bonchev–Trinajstić information content (AvgIpc) is 2.85. The molecule has 0 spiro atoms. The zero-order chi connectivity index (χ0) is 14.1. The molecular formula is C16H16N2OS. The Morgan fingerprint density at radius 3 is 2.80 bits per heavy atom. The van der Waals surface area contributed by atoms with Crippen LogP contribution in [0, 0.1) is 13.8 Å². The van der Waals surface area contributed by atoms with Gasteiger partial charge in [0.2, 0.25) is 0 Å². The highest BCUT2D eigenvalue weighted by atomic mass is 32.1. The fraction of sp³-hybridized carbons (Fsp3) is 0.188. The second kappa shape index (κ2) is 5.13. The van der Waals surface area contributed by atoms with Crippen LogP contribution in [0.3, 0.4) is 0 Å². The number of methoxy groups -OCH3 is 1. The molecule has 0 saturated carbocycles. The molecule has 20 heavy (non-hydrogen) atoms. The van der Waals surface area contributed by atoms with Gasteiger partial charge in [-0.25, -0.2) is 4.98 Å². The van der Waals surface area contributed by atoms with Crippen molar-refractivity contribution in [1.29, 1.82) is 0 Å². The summed E-state index contributed by atoms with van der Waals surface area (Å²) in [5.41, 5.74) is 4.63. The van der Waals surface area contributed by atoms with Gasteiger partial charge in [0.15, 0.2) is 5.13 Å². The quantitative estimate of drug-likeness (QED) is 0.759. The second-order valence-electron chi connectivity index (χ2n) is 4.73. The second-order valence-corrected chi connectivity index (χ2v) is 5.76. The number of rotatable bonds is 3. The first-order valence-corrected chi connectivity index (χ1v) is 7.27. The molecule has 1 aromatic heterocycles. The van der Waals surface area contributed by atoms with E-state index in [1.807, 2.05) is 18.2 Å². The van der Waals surface area contributed by atoms with E-state index in [0.717, 1.165) is 26.8 Å². The Bertz CT molecular complexity index is 764. The lowest BCUT2D eigenvalue weighted by Crippen LogP contribution is -1.93. The fourth-order valence-electron chi connectivity index (χ4n) is 2.09. The molecule has 0 aliphatic carbocycles. The molecule has 0 radical (unpaired) electrons. The molecule has 1 N–H and O–H groups in total. The SMILES string of the molecule is COc1ccc2nc(Nc3cccc(C)c3C)sc2c1. The molecule has 1 heterocycles. The van der Waals surface area contributed by atoms with E-state index in [1.165, 1.54) is 11.1 Å². The summed E-state index contributed by atoms with van der Waals surface area (Å²) in [5.74, 6) is 0.861. The number of aryl methyl sites for hydroxylation is 1. The lowest BCUT2D eigenvalue weighted by atomic mass is 10.1. The third kappa shape index (κ3) is 2.34. The van der Waals surface area contributed by atoms with Crippen LogP contribution < -0.4 is 10.1 Å². The zero-order valence-electron chi connectivity index (χ0n) is 11.7. The first-order valence-electron chi connectivity index (χ1n) is 6.45. The van der Waals surface area contributed by atoms with Gasteiger partial charge in [0, 0.05) is 5.69 Å². The number of hydrogen-bond acceptors (Lipinski definition) is 4. The van der Waals surface area contributed by atoms with Gasteiger partial charge in [0.05, 0.1) is 17.3 Å². The number of hydrogen-bond donors (Lipinski definition) is 1. The zero-order valence-corrected chi connectivity index (χ0v) is 12.5. The predicted octanol–water partition coefficient (Wildman–Crippen LogP) is 4.67. The molecule has 3 aromatic rings. The molecule has 0 aliphatic rings. The van der Waals surface area contributed by atoms with Gasteiger partial charge >= 0.3 is 0 Å². The minimum Gasteiger partial charge on any atom is -0.497 e. The summed E-state index contributed by atoms with van der Waals surface area (Å²) < 4.78 is 6.37. The first-order chi connectivity index (χ1) is 9.67. The molecule has 2 aromatic carbocycles. The van der Waals surface area contributed by atoms with E-state index in [2.05, 4.69) is 42.3 Å². The van der Waals surface area contributed by atoms with Crippen molar-refractivity contribution in [3.05, 3.63) is 47.5 Å². The van der Waals surface area contributed by atoms with Crippen LogP contribution >= 0.6 is 11.3 Å². The van der Waals surface area contributed by atoms with Crippen molar-refractivity contribution in [2.45, 2.75) is 13.8 Å². The van der Waals surface area contributed by atoms with E-state index in [9.17, 15) is 0 Å². The molecule has 0 amide bonds. The van der Waals surface area contributed by atoms with Crippen molar-refractivity contribution in [3.8, 4) is 5.75 Å². The van der Waals surface area contributed by atoms with Crippen LogP contribution in [0.5, 0.6) is 5.75 Å². The number of nitrogens with one attached hydrogen (secondary N) is 1. The molecular weight excluding hydrogens is 268 g/mol. The number of benzene rings is 2. The molecule has 4 heteroatoms. The maximum Gasteiger partial charge on any atom is 0.188 e. The van der Waals surface area contributed by atoms with E-state index < -0.39 is 0 Å². The lowest BCUT2D eigenvalue weighted by molar-refractivity contribution is 0.415. The van der Waals surface area contributed by atoms with Crippen LogP contribution in [0.25, 0.3) is 10.2 Å². The third-order valence-electron chi connectivity index (χ3n) is 3.44. The van der Waals surface area contributed by atoms with Gasteiger partial charge < -0.3 is 10.1 Å². The Hall–Kier alpha value is -2.07. The van der Waals surface area contributed by atoms with Crippen molar-refractivity contribution >= 4 is 32.4 Å². The first kappa shape index (κ1) is 12.9. The van der Waals surface area contributed by atoms with Gasteiger partial charge in [-0.1, -0.05) is 23.5 Å². The molecule has 0 saturated heterocycles. The third-order valence-corrected chi connectivity index (χ3v) is 4.38. The minimum absolute atomic E-state index is 0.861. The van der Waals surface area contributed by atoms with Gasteiger partial charge in [0.25, 0.3) is 0 Å². The summed E-state index contributed by atoms with van der Waals surface area (Å²) >= 11 is 1.63. The topological polar surface area (TPSA) is 34.1 Å². The van der Waals surface area contributed by atoms with Crippen LogP contribution in [-0.2, 0) is 0 Å². The summed E-state index contributed by atoms with van der Waals surface area (Å²) in [6.45, 7) is 4.23. The normalized spacial score (nSPS) is 10.8. The molecule has 0 unspecified atom stereocenters. The monoisotopic (exact) mass is 284 g/mol. The Morgan fingerprint density at radius 1 is 1.15 bits per heavy atom. The Labute approximate surface area is 122 Å². The Kier molecular flexibility index (Phi) is 3.32. The standard InChI is InChI=1S/C16H16N2OS/c1-10-5-4-6-13(11(10)2)17-16-18-14-8-7-12(19-3)9-15(14)20-16/h4-9H,1-3H3,(H,17,18). The summed E-state index contributed by atoms with van der Waals surface area (Å²) in [5, 5.41) is 4.31. The number of ether oxygens (including phenoxy) is 1. The van der Waals surface area contributed by atoms with Crippen molar-refractivity contribution in [1.82, 2.24) is 4.98 Å². The fourth-order valence-corrected chi connectivity index (χ4v) is 2.99. The highest BCUT2D eigenvalue weighted by molar-refractivity contribution is 7.22. The summed E-state index contributed by atoms with van der Waals surface area (Å²) in [7, 11) is 1.68. The van der Waals surface area contributed by atoms with Crippen LogP contribution in [0.1, 0.15) is 11.1 Å².